The first kappa shape index (κ1) is 17.6. The molecule has 6 nitrogen and oxygen atoms in total. The minimum atomic E-state index is -3.96. The van der Waals surface area contributed by atoms with Gasteiger partial charge in [-0.1, -0.05) is 0 Å². The molecular weight excluding hydrogens is 323 g/mol. The molecule has 1 aromatic carbocycles. The third kappa shape index (κ3) is 4.59. The molecule has 1 aromatic rings. The summed E-state index contributed by atoms with van der Waals surface area (Å²) in [7, 11) is -3.96. The van der Waals surface area contributed by atoms with E-state index in [1.54, 1.807) is 0 Å². The molecule has 0 aromatic heterocycles. The van der Waals surface area contributed by atoms with Crippen LogP contribution in [0, 0.1) is 5.82 Å². The molecule has 0 saturated carbocycles. The number of carbonyl (C=O) groups is 2. The van der Waals surface area contributed by atoms with Crippen molar-refractivity contribution in [2.45, 2.75) is 30.7 Å². The van der Waals surface area contributed by atoms with Crippen molar-refractivity contribution < 1.29 is 22.4 Å². The molecule has 0 unspecified atom stereocenters. The third-order valence-electron chi connectivity index (χ3n) is 3.66. The SMILES string of the molecule is CC(=O)c1ccc(S(=O)(=O)CC(=O)N[C@H]2CCCNC2)cc1F. The van der Waals surface area contributed by atoms with Crippen molar-refractivity contribution in [3.63, 3.8) is 0 Å². The van der Waals surface area contributed by atoms with E-state index in [4.69, 9.17) is 0 Å². The number of amides is 1. The molecule has 1 heterocycles. The van der Waals surface area contributed by atoms with Gasteiger partial charge >= 0.3 is 0 Å². The average molecular weight is 342 g/mol. The van der Waals surface area contributed by atoms with Crippen LogP contribution >= 0.6 is 0 Å². The first-order chi connectivity index (χ1) is 10.8. The summed E-state index contributed by atoms with van der Waals surface area (Å²) >= 11 is 0. The summed E-state index contributed by atoms with van der Waals surface area (Å²) < 4.78 is 38.1. The summed E-state index contributed by atoms with van der Waals surface area (Å²) in [5, 5.41) is 5.77. The molecule has 2 rings (SSSR count). The van der Waals surface area contributed by atoms with Crippen LogP contribution in [0.4, 0.5) is 4.39 Å². The minimum Gasteiger partial charge on any atom is -0.351 e. The smallest absolute Gasteiger partial charge is 0.235 e. The number of nitrogens with one attached hydrogen (secondary N) is 2. The molecule has 0 aliphatic carbocycles. The highest BCUT2D eigenvalue weighted by molar-refractivity contribution is 7.92. The zero-order valence-electron chi connectivity index (χ0n) is 12.8. The molecular formula is C15H19FN2O4S. The Kier molecular flexibility index (Phi) is 5.48. The van der Waals surface area contributed by atoms with Gasteiger partial charge in [-0.2, -0.15) is 0 Å². The average Bonchev–Trinajstić information content (AvgIpc) is 2.47. The Labute approximate surface area is 134 Å². The largest absolute Gasteiger partial charge is 0.351 e. The summed E-state index contributed by atoms with van der Waals surface area (Å²) in [5.41, 5.74) is -0.179. The van der Waals surface area contributed by atoms with E-state index in [0.29, 0.717) is 6.54 Å². The van der Waals surface area contributed by atoms with Gasteiger partial charge in [-0.05, 0) is 44.5 Å². The van der Waals surface area contributed by atoms with E-state index in [1.165, 1.54) is 6.92 Å². The zero-order chi connectivity index (χ0) is 17.0. The van der Waals surface area contributed by atoms with Crippen molar-refractivity contribution >= 4 is 21.5 Å². The van der Waals surface area contributed by atoms with Crippen LogP contribution in [0.15, 0.2) is 23.1 Å². The Bertz CT molecular complexity index is 712. The summed E-state index contributed by atoms with van der Waals surface area (Å²) in [6.45, 7) is 2.68. The number of Topliss-reactive ketones (excluding diaryl/α,β-unsaturated/α-hetero) is 1. The van der Waals surface area contributed by atoms with Crippen LogP contribution in [-0.4, -0.2) is 45.0 Å². The second-order valence-electron chi connectivity index (χ2n) is 5.57. The molecule has 0 radical (unpaired) electrons. The van der Waals surface area contributed by atoms with E-state index in [-0.39, 0.29) is 16.5 Å². The highest BCUT2D eigenvalue weighted by Crippen LogP contribution is 2.17. The molecule has 0 bridgehead atoms. The maximum atomic E-state index is 13.7. The molecule has 1 fully saturated rings. The quantitative estimate of drug-likeness (QED) is 0.768. The normalized spacial score (nSPS) is 18.4. The van der Waals surface area contributed by atoms with Crippen LogP contribution in [0.1, 0.15) is 30.1 Å². The predicted molar refractivity (Wildman–Crippen MR) is 82.5 cm³/mol. The fraction of sp³-hybridized carbons (Fsp3) is 0.467. The Morgan fingerprint density at radius 3 is 2.70 bits per heavy atom. The van der Waals surface area contributed by atoms with Gasteiger partial charge in [0.15, 0.2) is 15.6 Å². The number of hydrogen-bond acceptors (Lipinski definition) is 5. The van der Waals surface area contributed by atoms with Crippen LogP contribution in [-0.2, 0) is 14.6 Å². The molecule has 0 spiro atoms. The molecule has 126 valence electrons. The first-order valence-electron chi connectivity index (χ1n) is 7.33. The van der Waals surface area contributed by atoms with Crippen LogP contribution in [0.3, 0.4) is 0 Å². The topological polar surface area (TPSA) is 92.3 Å². The maximum Gasteiger partial charge on any atom is 0.235 e. The van der Waals surface area contributed by atoms with Gasteiger partial charge < -0.3 is 10.6 Å². The number of piperidine rings is 1. The van der Waals surface area contributed by atoms with Gasteiger partial charge in [0.1, 0.15) is 11.6 Å². The molecule has 23 heavy (non-hydrogen) atoms. The van der Waals surface area contributed by atoms with Crippen molar-refractivity contribution in [2.24, 2.45) is 0 Å². The molecule has 1 aliphatic heterocycles. The molecule has 8 heteroatoms. The van der Waals surface area contributed by atoms with Crippen LogP contribution in [0.25, 0.3) is 0 Å². The van der Waals surface area contributed by atoms with E-state index in [2.05, 4.69) is 10.6 Å². The maximum absolute atomic E-state index is 13.7. The number of ketones is 1. The van der Waals surface area contributed by atoms with Gasteiger partial charge in [0.25, 0.3) is 0 Å². The van der Waals surface area contributed by atoms with E-state index in [1.807, 2.05) is 0 Å². The second-order valence-corrected chi connectivity index (χ2v) is 7.56. The Balaban J connectivity index is 2.07. The van der Waals surface area contributed by atoms with E-state index in [9.17, 15) is 22.4 Å². The molecule has 1 saturated heterocycles. The molecule has 1 aliphatic rings. The van der Waals surface area contributed by atoms with Gasteiger partial charge in [0, 0.05) is 12.6 Å². The number of carbonyl (C=O) groups excluding carboxylic acids is 2. The second kappa shape index (κ2) is 7.18. The van der Waals surface area contributed by atoms with E-state index < -0.39 is 33.1 Å². The summed E-state index contributed by atoms with van der Waals surface area (Å²) in [4.78, 5) is 22.8. The van der Waals surface area contributed by atoms with Crippen LogP contribution in [0.2, 0.25) is 0 Å². The van der Waals surface area contributed by atoms with Crippen molar-refractivity contribution in [1.82, 2.24) is 10.6 Å². The predicted octanol–water partition coefficient (Wildman–Crippen LogP) is 0.670. The Morgan fingerprint density at radius 2 is 2.13 bits per heavy atom. The van der Waals surface area contributed by atoms with Crippen LogP contribution in [0.5, 0.6) is 0 Å². The van der Waals surface area contributed by atoms with Gasteiger partial charge in [0.2, 0.25) is 5.91 Å². The highest BCUT2D eigenvalue weighted by Gasteiger charge is 2.23. The zero-order valence-corrected chi connectivity index (χ0v) is 13.6. The molecule has 2 N–H and O–H groups in total. The van der Waals surface area contributed by atoms with Gasteiger partial charge in [-0.15, -0.1) is 0 Å². The number of sulfone groups is 1. The van der Waals surface area contributed by atoms with Crippen LogP contribution < -0.4 is 10.6 Å². The third-order valence-corrected chi connectivity index (χ3v) is 5.28. The van der Waals surface area contributed by atoms with E-state index >= 15 is 0 Å². The van der Waals surface area contributed by atoms with Gasteiger partial charge in [-0.25, -0.2) is 12.8 Å². The summed E-state index contributed by atoms with van der Waals surface area (Å²) in [6, 6.07) is 2.95. The molecule has 1 atom stereocenters. The van der Waals surface area contributed by atoms with Crippen molar-refractivity contribution in [2.75, 3.05) is 18.8 Å². The first-order valence-corrected chi connectivity index (χ1v) is 8.98. The lowest BCUT2D eigenvalue weighted by molar-refractivity contribution is -0.119. The Morgan fingerprint density at radius 1 is 1.39 bits per heavy atom. The summed E-state index contributed by atoms with van der Waals surface area (Å²) in [6.07, 6.45) is 1.70. The van der Waals surface area contributed by atoms with Crippen molar-refractivity contribution in [3.8, 4) is 0 Å². The fourth-order valence-electron chi connectivity index (χ4n) is 2.48. The minimum absolute atomic E-state index is 0.0942. The Hall–Kier alpha value is -1.80. The highest BCUT2D eigenvalue weighted by atomic mass is 32.2. The fourth-order valence-corrected chi connectivity index (χ4v) is 3.63. The monoisotopic (exact) mass is 342 g/mol. The number of benzene rings is 1. The number of halogens is 1. The lowest BCUT2D eigenvalue weighted by Gasteiger charge is -2.23. The van der Waals surface area contributed by atoms with E-state index in [0.717, 1.165) is 37.6 Å². The van der Waals surface area contributed by atoms with Crippen molar-refractivity contribution in [1.29, 1.82) is 0 Å². The lowest BCUT2D eigenvalue weighted by Crippen LogP contribution is -2.47. The van der Waals surface area contributed by atoms with Gasteiger partial charge in [-0.3, -0.25) is 9.59 Å². The number of hydrogen-bond donors (Lipinski definition) is 2. The van der Waals surface area contributed by atoms with Gasteiger partial charge in [0.05, 0.1) is 10.5 Å². The van der Waals surface area contributed by atoms with Crippen molar-refractivity contribution in [3.05, 3.63) is 29.6 Å². The lowest BCUT2D eigenvalue weighted by atomic mass is 10.1. The summed E-state index contributed by atoms with van der Waals surface area (Å²) in [5.74, 6) is -2.76. The number of rotatable bonds is 5. The molecule has 1 amide bonds. The standard InChI is InChI=1S/C15H19FN2O4S/c1-10(19)13-5-4-12(7-14(13)16)23(21,22)9-15(20)18-11-3-2-6-17-8-11/h4-5,7,11,17H,2-3,6,8-9H2,1H3,(H,18,20)/t11-/m0/s1.